The summed E-state index contributed by atoms with van der Waals surface area (Å²) in [5.74, 6) is 0. The van der Waals surface area contributed by atoms with Crippen LogP contribution in [0, 0.1) is 11.3 Å². The van der Waals surface area contributed by atoms with Gasteiger partial charge in [0.25, 0.3) is 0 Å². The third kappa shape index (κ3) is 4.35. The number of benzene rings is 1. The van der Waals surface area contributed by atoms with E-state index in [-0.39, 0.29) is 11.5 Å². The fourth-order valence-electron chi connectivity index (χ4n) is 2.48. The molecule has 0 N–H and O–H groups in total. The third-order valence-corrected chi connectivity index (χ3v) is 3.60. The number of nitriles is 1. The molecule has 0 bridgehead atoms. The summed E-state index contributed by atoms with van der Waals surface area (Å²) in [6.07, 6.45) is 2.16. The SMILES string of the molecule is CCCN(CCC)C(C#N)c1ccc(C(C)(C)C)cc1. The molecule has 2 nitrogen and oxygen atoms in total. The molecule has 1 aromatic rings. The summed E-state index contributed by atoms with van der Waals surface area (Å²) < 4.78 is 0. The predicted molar refractivity (Wildman–Crippen MR) is 85.7 cm³/mol. The first kappa shape index (κ1) is 16.7. The van der Waals surface area contributed by atoms with Crippen molar-refractivity contribution in [3.05, 3.63) is 35.4 Å². The molecule has 20 heavy (non-hydrogen) atoms. The van der Waals surface area contributed by atoms with E-state index in [1.165, 1.54) is 5.56 Å². The van der Waals surface area contributed by atoms with Crippen LogP contribution in [0.15, 0.2) is 24.3 Å². The van der Waals surface area contributed by atoms with Crippen LogP contribution in [0.5, 0.6) is 0 Å². The molecule has 0 fully saturated rings. The van der Waals surface area contributed by atoms with E-state index in [0.717, 1.165) is 31.5 Å². The van der Waals surface area contributed by atoms with Crippen molar-refractivity contribution in [3.8, 4) is 6.07 Å². The van der Waals surface area contributed by atoms with Crippen LogP contribution < -0.4 is 0 Å². The average Bonchev–Trinajstić information content (AvgIpc) is 2.39. The molecule has 0 aliphatic heterocycles. The summed E-state index contributed by atoms with van der Waals surface area (Å²) in [6.45, 7) is 12.9. The van der Waals surface area contributed by atoms with Gasteiger partial charge in [0.15, 0.2) is 0 Å². The van der Waals surface area contributed by atoms with Crippen LogP contribution in [0.4, 0.5) is 0 Å². The highest BCUT2D eigenvalue weighted by Gasteiger charge is 2.20. The fraction of sp³-hybridized carbons (Fsp3) is 0.611. The van der Waals surface area contributed by atoms with Crippen LogP contribution in [0.3, 0.4) is 0 Å². The molecule has 0 spiro atoms. The molecule has 1 aromatic carbocycles. The Morgan fingerprint density at radius 3 is 1.90 bits per heavy atom. The zero-order valence-corrected chi connectivity index (χ0v) is 13.6. The molecule has 1 atom stereocenters. The van der Waals surface area contributed by atoms with Gasteiger partial charge in [-0.15, -0.1) is 0 Å². The van der Waals surface area contributed by atoms with Crippen LogP contribution >= 0.6 is 0 Å². The topological polar surface area (TPSA) is 27.0 Å². The maximum Gasteiger partial charge on any atom is 0.123 e. The van der Waals surface area contributed by atoms with Crippen molar-refractivity contribution in [3.63, 3.8) is 0 Å². The van der Waals surface area contributed by atoms with Gasteiger partial charge in [-0.1, -0.05) is 58.9 Å². The Balaban J connectivity index is 2.97. The number of hydrogen-bond acceptors (Lipinski definition) is 2. The average molecular weight is 272 g/mol. The van der Waals surface area contributed by atoms with E-state index in [0.29, 0.717) is 0 Å². The van der Waals surface area contributed by atoms with Crippen molar-refractivity contribution in [1.29, 1.82) is 5.26 Å². The fourth-order valence-corrected chi connectivity index (χ4v) is 2.48. The largest absolute Gasteiger partial charge is 0.284 e. The zero-order chi connectivity index (χ0) is 15.2. The zero-order valence-electron chi connectivity index (χ0n) is 13.6. The lowest BCUT2D eigenvalue weighted by Crippen LogP contribution is -2.29. The van der Waals surface area contributed by atoms with Gasteiger partial charge >= 0.3 is 0 Å². The second kappa shape index (κ2) is 7.45. The van der Waals surface area contributed by atoms with Gasteiger partial charge in [-0.2, -0.15) is 5.26 Å². The monoisotopic (exact) mass is 272 g/mol. The Hall–Kier alpha value is -1.33. The summed E-state index contributed by atoms with van der Waals surface area (Å²) >= 11 is 0. The Bertz CT molecular complexity index is 428. The molecule has 0 aromatic heterocycles. The van der Waals surface area contributed by atoms with E-state index in [9.17, 15) is 5.26 Å². The standard InChI is InChI=1S/C18H28N2/c1-6-12-20(13-7-2)17(14-19)15-8-10-16(11-9-15)18(3,4)5/h8-11,17H,6-7,12-13H2,1-5H3. The van der Waals surface area contributed by atoms with Crippen LogP contribution in [0.25, 0.3) is 0 Å². The van der Waals surface area contributed by atoms with E-state index >= 15 is 0 Å². The molecular formula is C18H28N2. The van der Waals surface area contributed by atoms with Crippen molar-refractivity contribution in [2.75, 3.05) is 13.1 Å². The normalized spacial score (nSPS) is 13.2. The molecule has 0 radical (unpaired) electrons. The van der Waals surface area contributed by atoms with Gasteiger partial charge in [0, 0.05) is 0 Å². The van der Waals surface area contributed by atoms with Crippen molar-refractivity contribution >= 4 is 0 Å². The summed E-state index contributed by atoms with van der Waals surface area (Å²) in [6, 6.07) is 10.9. The van der Waals surface area contributed by atoms with E-state index < -0.39 is 0 Å². The number of nitrogens with zero attached hydrogens (tertiary/aromatic N) is 2. The van der Waals surface area contributed by atoms with Gasteiger partial charge in [0.05, 0.1) is 6.07 Å². The highest BCUT2D eigenvalue weighted by Crippen LogP contribution is 2.26. The van der Waals surface area contributed by atoms with Gasteiger partial charge in [0.2, 0.25) is 0 Å². The van der Waals surface area contributed by atoms with Crippen molar-refractivity contribution in [2.45, 2.75) is 58.9 Å². The Morgan fingerprint density at radius 2 is 1.55 bits per heavy atom. The van der Waals surface area contributed by atoms with Crippen molar-refractivity contribution in [1.82, 2.24) is 4.90 Å². The minimum Gasteiger partial charge on any atom is -0.284 e. The lowest BCUT2D eigenvalue weighted by molar-refractivity contribution is 0.236. The molecule has 2 heteroatoms. The van der Waals surface area contributed by atoms with Gasteiger partial charge < -0.3 is 0 Å². The first-order valence-electron chi connectivity index (χ1n) is 7.68. The second-order valence-corrected chi connectivity index (χ2v) is 6.44. The Kier molecular flexibility index (Phi) is 6.23. The third-order valence-electron chi connectivity index (χ3n) is 3.60. The van der Waals surface area contributed by atoms with Gasteiger partial charge in [0.1, 0.15) is 6.04 Å². The van der Waals surface area contributed by atoms with Crippen LogP contribution in [0.1, 0.15) is 64.6 Å². The number of hydrogen-bond donors (Lipinski definition) is 0. The van der Waals surface area contributed by atoms with Crippen LogP contribution in [-0.2, 0) is 5.41 Å². The quantitative estimate of drug-likeness (QED) is 0.752. The van der Waals surface area contributed by atoms with Crippen LogP contribution in [-0.4, -0.2) is 18.0 Å². The van der Waals surface area contributed by atoms with Crippen molar-refractivity contribution < 1.29 is 0 Å². The molecule has 0 amide bonds. The molecule has 110 valence electrons. The van der Waals surface area contributed by atoms with Crippen molar-refractivity contribution in [2.24, 2.45) is 0 Å². The van der Waals surface area contributed by atoms with E-state index in [4.69, 9.17) is 0 Å². The Morgan fingerprint density at radius 1 is 1.05 bits per heavy atom. The molecule has 0 saturated carbocycles. The minimum absolute atomic E-state index is 0.121. The van der Waals surface area contributed by atoms with Gasteiger partial charge in [-0.25, -0.2) is 0 Å². The smallest absolute Gasteiger partial charge is 0.123 e. The van der Waals surface area contributed by atoms with E-state index in [2.05, 4.69) is 69.9 Å². The number of rotatable bonds is 6. The molecule has 0 aliphatic rings. The maximum absolute atomic E-state index is 9.54. The lowest BCUT2D eigenvalue weighted by Gasteiger charge is -2.27. The van der Waals surface area contributed by atoms with Crippen LogP contribution in [0.2, 0.25) is 0 Å². The molecule has 0 heterocycles. The first-order valence-corrected chi connectivity index (χ1v) is 7.68. The predicted octanol–water partition coefficient (Wildman–Crippen LogP) is 4.67. The molecule has 1 rings (SSSR count). The maximum atomic E-state index is 9.54. The first-order chi connectivity index (χ1) is 9.43. The second-order valence-electron chi connectivity index (χ2n) is 6.44. The summed E-state index contributed by atoms with van der Waals surface area (Å²) in [4.78, 5) is 2.28. The lowest BCUT2D eigenvalue weighted by atomic mass is 9.86. The van der Waals surface area contributed by atoms with E-state index in [1.54, 1.807) is 0 Å². The summed E-state index contributed by atoms with van der Waals surface area (Å²) in [7, 11) is 0. The highest BCUT2D eigenvalue weighted by atomic mass is 15.1. The molecule has 0 aliphatic carbocycles. The summed E-state index contributed by atoms with van der Waals surface area (Å²) in [5.41, 5.74) is 2.59. The van der Waals surface area contributed by atoms with Gasteiger partial charge in [-0.3, -0.25) is 4.90 Å². The molecule has 0 saturated heterocycles. The minimum atomic E-state index is -0.121. The highest BCUT2D eigenvalue weighted by molar-refractivity contribution is 5.31. The van der Waals surface area contributed by atoms with E-state index in [1.807, 2.05) is 0 Å². The Labute approximate surface area is 124 Å². The molecular weight excluding hydrogens is 244 g/mol. The molecule has 1 unspecified atom stereocenters. The van der Waals surface area contributed by atoms with Gasteiger partial charge in [-0.05, 0) is 42.5 Å². The summed E-state index contributed by atoms with van der Waals surface area (Å²) in [5, 5.41) is 9.54.